The Hall–Kier alpha value is -2.53. The summed E-state index contributed by atoms with van der Waals surface area (Å²) in [6, 6.07) is 9.12. The third-order valence-corrected chi connectivity index (χ3v) is 5.13. The van der Waals surface area contributed by atoms with Crippen LogP contribution >= 0.6 is 34.8 Å². The van der Waals surface area contributed by atoms with Gasteiger partial charge < -0.3 is 9.47 Å². The lowest BCUT2D eigenvalue weighted by Gasteiger charge is -2.29. The Bertz CT molecular complexity index is 1040. The van der Waals surface area contributed by atoms with Crippen molar-refractivity contribution in [2.45, 2.75) is 6.92 Å². The molecular weight excluding hydrogens is 510 g/mol. The van der Waals surface area contributed by atoms with E-state index in [0.29, 0.717) is 23.7 Å². The first-order valence-corrected chi connectivity index (χ1v) is 10.0. The number of nitrogens with zero attached hydrogens (tertiary/aromatic N) is 1. The molecule has 0 saturated carbocycles. The third-order valence-electron chi connectivity index (χ3n) is 4.04. The Balaban J connectivity index is 2.06. The second-order valence-corrected chi connectivity index (χ2v) is 7.43. The predicted molar refractivity (Wildman–Crippen MR) is 119 cm³/mol. The van der Waals surface area contributed by atoms with E-state index >= 15 is 0 Å². The van der Waals surface area contributed by atoms with E-state index < -0.39 is 17.6 Å². The molecule has 1 N–H and O–H groups in total. The van der Waals surface area contributed by atoms with E-state index in [1.165, 1.54) is 31.4 Å². The summed E-state index contributed by atoms with van der Waals surface area (Å²) in [5.74, 6) is -0.956. The number of anilines is 1. The van der Waals surface area contributed by atoms with Crippen LogP contribution < -0.4 is 19.7 Å². The van der Waals surface area contributed by atoms with Crippen LogP contribution in [0.3, 0.4) is 0 Å². The number of amides is 2. The Labute approximate surface area is 185 Å². The Morgan fingerprint density at radius 1 is 1.28 bits per heavy atom. The highest BCUT2D eigenvalue weighted by Gasteiger charge is 2.35. The molecule has 3 rings (SSSR count). The average Bonchev–Trinajstić information content (AvgIpc) is 2.67. The Morgan fingerprint density at radius 3 is 2.66 bits per heavy atom. The minimum Gasteiger partial charge on any atom is -0.492 e. The van der Waals surface area contributed by atoms with Crippen molar-refractivity contribution in [2.75, 3.05) is 18.6 Å². The second-order valence-electron chi connectivity index (χ2n) is 5.88. The van der Waals surface area contributed by atoms with E-state index in [0.717, 1.165) is 8.47 Å². The molecule has 1 aliphatic heterocycles. The molecule has 9 heteroatoms. The minimum atomic E-state index is -0.715. The number of methoxy groups -OCH3 is 1. The van der Waals surface area contributed by atoms with Gasteiger partial charge in [0.2, 0.25) is 0 Å². The summed E-state index contributed by atoms with van der Waals surface area (Å²) >= 11 is 7.17. The van der Waals surface area contributed by atoms with E-state index in [4.69, 9.17) is 21.7 Å². The highest BCUT2D eigenvalue weighted by atomic mass is 127. The molecule has 2 aromatic carbocycles. The van der Waals surface area contributed by atoms with Crippen LogP contribution in [0.5, 0.6) is 11.5 Å². The van der Waals surface area contributed by atoms with Crippen molar-refractivity contribution in [3.63, 3.8) is 0 Å². The number of ether oxygens (including phenoxy) is 2. The highest BCUT2D eigenvalue weighted by molar-refractivity contribution is 14.1. The molecule has 2 amide bonds. The normalized spacial score (nSPS) is 15.5. The van der Waals surface area contributed by atoms with Crippen molar-refractivity contribution in [2.24, 2.45) is 0 Å². The van der Waals surface area contributed by atoms with E-state index in [1.54, 1.807) is 18.2 Å². The fraction of sp³-hybridized carbons (Fsp3) is 0.150. The first kappa shape index (κ1) is 21.2. The van der Waals surface area contributed by atoms with Crippen molar-refractivity contribution >= 4 is 63.5 Å². The molecule has 0 aromatic heterocycles. The van der Waals surface area contributed by atoms with Crippen molar-refractivity contribution in [3.8, 4) is 11.5 Å². The maximum absolute atomic E-state index is 14.2. The van der Waals surface area contributed by atoms with E-state index in [2.05, 4.69) is 27.9 Å². The van der Waals surface area contributed by atoms with Crippen LogP contribution in [-0.4, -0.2) is 30.6 Å². The van der Waals surface area contributed by atoms with E-state index in [-0.39, 0.29) is 16.4 Å². The lowest BCUT2D eigenvalue weighted by molar-refractivity contribution is -0.122. The van der Waals surface area contributed by atoms with Gasteiger partial charge in [-0.25, -0.2) is 9.29 Å². The SMILES string of the molecule is CCOc1cc(/C=C2\C(=O)NC(=S)N(c3ccccc3F)C2=O)cc(I)c1OC. The summed E-state index contributed by atoms with van der Waals surface area (Å²) in [4.78, 5) is 26.4. The maximum atomic E-state index is 14.2. The molecule has 0 atom stereocenters. The Morgan fingerprint density at radius 2 is 2.00 bits per heavy atom. The van der Waals surface area contributed by atoms with Gasteiger partial charge in [0, 0.05) is 0 Å². The molecule has 0 radical (unpaired) electrons. The summed E-state index contributed by atoms with van der Waals surface area (Å²) in [6.07, 6.45) is 1.41. The number of nitrogens with one attached hydrogen (secondary N) is 1. The number of thiocarbonyl (C=S) groups is 1. The monoisotopic (exact) mass is 526 g/mol. The molecule has 6 nitrogen and oxygen atoms in total. The third kappa shape index (κ3) is 4.25. The molecule has 1 aliphatic rings. The van der Waals surface area contributed by atoms with Gasteiger partial charge in [-0.15, -0.1) is 0 Å². The molecule has 0 aliphatic carbocycles. The molecular formula is C20H16FIN2O4S. The number of benzene rings is 2. The molecule has 1 fully saturated rings. The van der Waals surface area contributed by atoms with Crippen LogP contribution in [-0.2, 0) is 9.59 Å². The second kappa shape index (κ2) is 8.87. The number of rotatable bonds is 5. The van der Waals surface area contributed by atoms with Crippen molar-refractivity contribution < 1.29 is 23.5 Å². The zero-order valence-corrected chi connectivity index (χ0v) is 18.5. The van der Waals surface area contributed by atoms with Gasteiger partial charge in [-0.1, -0.05) is 12.1 Å². The Kier molecular flexibility index (Phi) is 6.48. The van der Waals surface area contributed by atoms with Gasteiger partial charge in [0.1, 0.15) is 11.4 Å². The number of carbonyl (C=O) groups excluding carboxylic acids is 2. The van der Waals surface area contributed by atoms with Gasteiger partial charge in [0.05, 0.1) is 23.0 Å². The first-order valence-electron chi connectivity index (χ1n) is 8.53. The number of hydrogen-bond donors (Lipinski definition) is 1. The van der Waals surface area contributed by atoms with Gasteiger partial charge in [-0.3, -0.25) is 14.9 Å². The lowest BCUT2D eigenvalue weighted by atomic mass is 10.1. The summed E-state index contributed by atoms with van der Waals surface area (Å²) in [6.45, 7) is 2.25. The molecule has 0 spiro atoms. The minimum absolute atomic E-state index is 0.0345. The highest BCUT2D eigenvalue weighted by Crippen LogP contribution is 2.35. The number of hydrogen-bond acceptors (Lipinski definition) is 5. The first-order chi connectivity index (χ1) is 13.9. The van der Waals surface area contributed by atoms with Crippen molar-refractivity contribution in [1.82, 2.24) is 5.32 Å². The van der Waals surface area contributed by atoms with Crippen LogP contribution in [0.1, 0.15) is 12.5 Å². The van der Waals surface area contributed by atoms with Crippen LogP contribution in [0.4, 0.5) is 10.1 Å². The molecule has 150 valence electrons. The molecule has 29 heavy (non-hydrogen) atoms. The van der Waals surface area contributed by atoms with Crippen molar-refractivity contribution in [3.05, 3.63) is 56.9 Å². The smallest absolute Gasteiger partial charge is 0.270 e. The number of para-hydroxylation sites is 1. The van der Waals surface area contributed by atoms with Crippen LogP contribution in [0.2, 0.25) is 0 Å². The molecule has 2 aromatic rings. The van der Waals surface area contributed by atoms with E-state index in [9.17, 15) is 14.0 Å². The standard InChI is InChI=1S/C20H16FIN2O4S/c1-3-28-16-10-11(9-14(22)17(16)27-2)8-12-18(25)23-20(29)24(19(12)26)15-7-5-4-6-13(15)21/h4-10H,3H2,1-2H3,(H,23,25,29)/b12-8+. The van der Waals surface area contributed by atoms with Gasteiger partial charge in [-0.2, -0.15) is 0 Å². The summed E-state index contributed by atoms with van der Waals surface area (Å²) in [5.41, 5.74) is 0.344. The molecule has 1 saturated heterocycles. The lowest BCUT2D eigenvalue weighted by Crippen LogP contribution is -2.54. The van der Waals surface area contributed by atoms with Crippen LogP contribution in [0.25, 0.3) is 6.08 Å². The van der Waals surface area contributed by atoms with Gasteiger partial charge >= 0.3 is 0 Å². The summed E-state index contributed by atoms with van der Waals surface area (Å²) in [5, 5.41) is 2.26. The number of carbonyl (C=O) groups is 2. The van der Waals surface area contributed by atoms with Crippen LogP contribution in [0, 0.1) is 9.39 Å². The maximum Gasteiger partial charge on any atom is 0.270 e. The predicted octanol–water partition coefficient (Wildman–Crippen LogP) is 3.67. The van der Waals surface area contributed by atoms with Crippen LogP contribution in [0.15, 0.2) is 42.0 Å². The zero-order chi connectivity index (χ0) is 21.1. The quantitative estimate of drug-likeness (QED) is 0.279. The topological polar surface area (TPSA) is 67.9 Å². The van der Waals surface area contributed by atoms with Crippen molar-refractivity contribution in [1.29, 1.82) is 0 Å². The zero-order valence-electron chi connectivity index (χ0n) is 15.5. The largest absolute Gasteiger partial charge is 0.492 e. The fourth-order valence-corrected chi connectivity index (χ4v) is 3.93. The average molecular weight is 526 g/mol. The molecule has 0 bridgehead atoms. The van der Waals surface area contributed by atoms with Gasteiger partial charge in [0.25, 0.3) is 11.8 Å². The van der Waals surface area contributed by atoms with Gasteiger partial charge in [0.15, 0.2) is 16.6 Å². The molecule has 1 heterocycles. The summed E-state index contributed by atoms with van der Waals surface area (Å²) < 4.78 is 25.9. The van der Waals surface area contributed by atoms with E-state index in [1.807, 2.05) is 6.92 Å². The number of halogens is 2. The summed E-state index contributed by atoms with van der Waals surface area (Å²) in [7, 11) is 1.53. The van der Waals surface area contributed by atoms with Gasteiger partial charge in [-0.05, 0) is 77.6 Å². The fourth-order valence-electron chi connectivity index (χ4n) is 2.81. The molecule has 0 unspecified atom stereocenters.